The smallest absolute Gasteiger partial charge is 0.331 e. The van der Waals surface area contributed by atoms with Gasteiger partial charge in [-0.1, -0.05) is 30.3 Å². The number of hydrogen-bond acceptors (Lipinski definition) is 16. The van der Waals surface area contributed by atoms with Gasteiger partial charge in [-0.2, -0.15) is 0 Å². The van der Waals surface area contributed by atoms with E-state index >= 15 is 0 Å². The first-order valence-corrected chi connectivity index (χ1v) is 15.6. The van der Waals surface area contributed by atoms with E-state index in [2.05, 4.69) is 0 Å². The Morgan fingerprint density at radius 3 is 2.12 bits per heavy atom. The summed E-state index contributed by atoms with van der Waals surface area (Å²) in [7, 11) is 0. The molecule has 0 bridgehead atoms. The summed E-state index contributed by atoms with van der Waals surface area (Å²) >= 11 is 0. The van der Waals surface area contributed by atoms with Crippen molar-refractivity contribution in [1.29, 1.82) is 0 Å². The van der Waals surface area contributed by atoms with Gasteiger partial charge in [0.15, 0.2) is 22.9 Å². The second-order valence-electron chi connectivity index (χ2n) is 12.0. The van der Waals surface area contributed by atoms with Crippen molar-refractivity contribution >= 4 is 28.8 Å². The van der Waals surface area contributed by atoms with Crippen molar-refractivity contribution in [2.24, 2.45) is 0 Å². The highest BCUT2D eigenvalue weighted by Gasteiger charge is 2.49. The van der Waals surface area contributed by atoms with Crippen molar-refractivity contribution in [1.82, 2.24) is 0 Å². The van der Waals surface area contributed by atoms with E-state index in [1.165, 1.54) is 26.0 Å². The maximum absolute atomic E-state index is 13.3. The molecule has 0 aliphatic carbocycles. The lowest BCUT2D eigenvalue weighted by molar-refractivity contribution is -0.284. The molecule has 2 aliphatic rings. The highest BCUT2D eigenvalue weighted by atomic mass is 16.7. The van der Waals surface area contributed by atoms with Crippen LogP contribution in [0.25, 0.3) is 17.0 Å². The van der Waals surface area contributed by atoms with Crippen LogP contribution in [0.1, 0.15) is 23.8 Å². The minimum atomic E-state index is -1.88. The van der Waals surface area contributed by atoms with Gasteiger partial charge in [-0.05, 0) is 37.1 Å². The number of esters is 1. The number of aliphatic hydroxyl groups excluding tert-OH is 7. The number of rotatable bonds is 11. The highest BCUT2D eigenvalue weighted by molar-refractivity contribution is 5.89. The molecule has 1 aromatic heterocycles. The lowest BCUT2D eigenvalue weighted by Crippen LogP contribution is -2.61. The Kier molecular flexibility index (Phi) is 11.7. The van der Waals surface area contributed by atoms with Gasteiger partial charge in [0.05, 0.1) is 25.0 Å². The lowest BCUT2D eigenvalue weighted by Gasteiger charge is -2.41. The quantitative estimate of drug-likeness (QED) is 0.0921. The number of carbonyl (C=O) groups is 2. The molecular formula is C34H38O16. The number of aliphatic hydroxyl groups is 7. The molecule has 16 heteroatoms. The van der Waals surface area contributed by atoms with E-state index in [9.17, 15) is 50.1 Å². The van der Waals surface area contributed by atoms with Gasteiger partial charge in [-0.15, -0.1) is 0 Å². The molecule has 2 aromatic carbocycles. The average Bonchev–Trinajstić information content (AvgIpc) is 3.08. The van der Waals surface area contributed by atoms with Crippen LogP contribution in [0.2, 0.25) is 0 Å². The predicted octanol–water partition coefficient (Wildman–Crippen LogP) is -1.15. The summed E-state index contributed by atoms with van der Waals surface area (Å²) in [5.41, 5.74) is -0.00778. The third kappa shape index (κ3) is 7.88. The molecule has 3 heterocycles. The van der Waals surface area contributed by atoms with Crippen molar-refractivity contribution in [3.8, 4) is 11.5 Å². The standard InChI is InChI=1S/C34H38O16/c1-15-10-20(46-33-29(44)27(42)25(40)21(13-35)47-33)30(31-24(15)19(38)12-18(45-31)11-16(2)37)50-34-32(28(43)26(41)22(14-36)48-34)49-23(39)9-8-17-6-4-3-5-7-17/h3-10,12,21-22,25-29,32-36,40-44H,11,13-14H2,1-2H3. The number of Topliss-reactive ketones (excluding diaryl/α,β-unsaturated/α-hetero) is 1. The zero-order valence-corrected chi connectivity index (χ0v) is 26.9. The van der Waals surface area contributed by atoms with Crippen LogP contribution in [-0.2, 0) is 30.2 Å². The number of fused-ring (bicyclic) bond motifs is 1. The molecule has 0 amide bonds. The predicted molar refractivity (Wildman–Crippen MR) is 170 cm³/mol. The first-order chi connectivity index (χ1) is 23.8. The van der Waals surface area contributed by atoms with Crippen LogP contribution >= 0.6 is 0 Å². The van der Waals surface area contributed by atoms with Gasteiger partial charge in [0.1, 0.15) is 54.3 Å². The summed E-state index contributed by atoms with van der Waals surface area (Å²) < 4.78 is 34.7. The van der Waals surface area contributed by atoms with Gasteiger partial charge in [0, 0.05) is 12.1 Å². The van der Waals surface area contributed by atoms with Crippen molar-refractivity contribution in [3.63, 3.8) is 0 Å². The average molecular weight is 703 g/mol. The van der Waals surface area contributed by atoms with E-state index in [0.29, 0.717) is 5.56 Å². The molecule has 270 valence electrons. The van der Waals surface area contributed by atoms with Crippen molar-refractivity contribution in [3.05, 3.63) is 75.7 Å². The van der Waals surface area contributed by atoms with Crippen LogP contribution in [0.5, 0.6) is 11.5 Å². The number of aryl methyl sites for hydroxylation is 1. The number of hydrogen-bond donors (Lipinski definition) is 7. The molecule has 0 saturated carbocycles. The number of ether oxygens (including phenoxy) is 5. The molecule has 3 aromatic rings. The molecule has 7 N–H and O–H groups in total. The fraction of sp³-hybridized carbons (Fsp3) is 0.441. The number of benzene rings is 2. The molecule has 5 rings (SSSR count). The van der Waals surface area contributed by atoms with Crippen LogP contribution in [0.3, 0.4) is 0 Å². The van der Waals surface area contributed by atoms with Crippen LogP contribution in [-0.4, -0.2) is 122 Å². The van der Waals surface area contributed by atoms with Crippen molar-refractivity contribution in [2.45, 2.75) is 81.7 Å². The molecule has 2 saturated heterocycles. The number of carbonyl (C=O) groups excluding carboxylic acids is 2. The molecule has 50 heavy (non-hydrogen) atoms. The summed E-state index contributed by atoms with van der Waals surface area (Å²) in [6.45, 7) is 1.21. The monoisotopic (exact) mass is 702 g/mol. The summed E-state index contributed by atoms with van der Waals surface area (Å²) in [6, 6.07) is 11.1. The first-order valence-electron chi connectivity index (χ1n) is 15.6. The van der Waals surface area contributed by atoms with Crippen molar-refractivity contribution in [2.75, 3.05) is 13.2 Å². The fourth-order valence-corrected chi connectivity index (χ4v) is 5.64. The van der Waals surface area contributed by atoms with E-state index in [1.807, 2.05) is 0 Å². The zero-order valence-electron chi connectivity index (χ0n) is 26.9. The number of ketones is 1. The summed E-state index contributed by atoms with van der Waals surface area (Å²) in [5.74, 6) is -2.20. The zero-order chi connectivity index (χ0) is 36.3. The summed E-state index contributed by atoms with van der Waals surface area (Å²) in [4.78, 5) is 38.2. The Bertz CT molecular complexity index is 1750. The van der Waals surface area contributed by atoms with Crippen LogP contribution in [0.15, 0.2) is 57.8 Å². The lowest BCUT2D eigenvalue weighted by atomic mass is 9.99. The third-order valence-corrected chi connectivity index (χ3v) is 8.21. The SMILES string of the molecule is CC(=O)Cc1cc(=O)c2c(C)cc(OC3OC(CO)C(O)C(O)C3O)c(OC3OC(CO)C(O)C(O)C3OC(=O)C=Cc3ccccc3)c2o1. The largest absolute Gasteiger partial charge is 0.458 e. The van der Waals surface area contributed by atoms with Crippen LogP contribution in [0.4, 0.5) is 0 Å². The second kappa shape index (κ2) is 15.8. The topological polar surface area (TPSA) is 252 Å². The van der Waals surface area contributed by atoms with Gasteiger partial charge < -0.3 is 63.8 Å². The van der Waals surface area contributed by atoms with Crippen molar-refractivity contribution < 1.29 is 73.4 Å². The first kappa shape index (κ1) is 37.0. The Morgan fingerprint density at radius 2 is 1.48 bits per heavy atom. The summed E-state index contributed by atoms with van der Waals surface area (Å²) in [5, 5.41) is 72.5. The van der Waals surface area contributed by atoms with Gasteiger partial charge in [-0.3, -0.25) is 9.59 Å². The normalized spacial score (nSPS) is 29.9. The molecular weight excluding hydrogens is 664 g/mol. The molecule has 10 atom stereocenters. The Morgan fingerprint density at radius 1 is 0.840 bits per heavy atom. The maximum Gasteiger partial charge on any atom is 0.331 e. The molecule has 0 radical (unpaired) electrons. The van der Waals surface area contributed by atoms with Crippen LogP contribution in [0, 0.1) is 6.92 Å². The van der Waals surface area contributed by atoms with E-state index < -0.39 is 91.8 Å². The molecule has 2 aliphatic heterocycles. The van der Waals surface area contributed by atoms with E-state index in [0.717, 1.165) is 12.1 Å². The molecule has 10 unspecified atom stereocenters. The van der Waals surface area contributed by atoms with E-state index in [1.54, 1.807) is 30.3 Å². The van der Waals surface area contributed by atoms with E-state index in [-0.39, 0.29) is 40.2 Å². The Labute approximate surface area is 284 Å². The highest BCUT2D eigenvalue weighted by Crippen LogP contribution is 2.41. The third-order valence-electron chi connectivity index (χ3n) is 8.21. The van der Waals surface area contributed by atoms with Gasteiger partial charge in [0.25, 0.3) is 0 Å². The molecule has 0 spiro atoms. The minimum Gasteiger partial charge on any atom is -0.458 e. The Balaban J connectivity index is 1.60. The maximum atomic E-state index is 13.3. The van der Waals surface area contributed by atoms with E-state index in [4.69, 9.17) is 28.1 Å². The minimum absolute atomic E-state index is 0.0529. The second-order valence-corrected chi connectivity index (χ2v) is 12.0. The fourth-order valence-electron chi connectivity index (χ4n) is 5.64. The Hall–Kier alpha value is -4.23. The molecule has 2 fully saturated rings. The summed E-state index contributed by atoms with van der Waals surface area (Å²) in [6.07, 6.45) is -15.0. The van der Waals surface area contributed by atoms with Crippen LogP contribution < -0.4 is 14.9 Å². The van der Waals surface area contributed by atoms with Gasteiger partial charge in [-0.25, -0.2) is 4.79 Å². The van der Waals surface area contributed by atoms with Gasteiger partial charge >= 0.3 is 5.97 Å². The van der Waals surface area contributed by atoms with Gasteiger partial charge in [0.2, 0.25) is 18.3 Å². The molecule has 16 nitrogen and oxygen atoms in total.